The highest BCUT2D eigenvalue weighted by Crippen LogP contribution is 2.39. The second-order valence-electron chi connectivity index (χ2n) is 5.88. The number of piperazine rings is 1. The van der Waals surface area contributed by atoms with E-state index in [1.54, 1.807) is 11.9 Å². The SMILES string of the molecule is CN1C[C@@H]2c3ccccc3Cc3ccccc3N2C(=O)C1=O. The Hall–Kier alpha value is -2.62. The first-order valence-electron chi connectivity index (χ1n) is 7.41. The van der Waals surface area contributed by atoms with Crippen LogP contribution in [-0.2, 0) is 16.0 Å². The van der Waals surface area contributed by atoms with E-state index in [1.165, 1.54) is 10.5 Å². The van der Waals surface area contributed by atoms with Crippen LogP contribution in [0.2, 0.25) is 0 Å². The third kappa shape index (κ3) is 1.77. The summed E-state index contributed by atoms with van der Waals surface area (Å²) in [5.41, 5.74) is 4.29. The number of amides is 2. The van der Waals surface area contributed by atoms with Gasteiger partial charge in [-0.05, 0) is 29.2 Å². The molecule has 4 nitrogen and oxygen atoms in total. The van der Waals surface area contributed by atoms with Crippen molar-refractivity contribution >= 4 is 17.5 Å². The molecule has 2 aliphatic rings. The first kappa shape index (κ1) is 13.1. The van der Waals surface area contributed by atoms with E-state index in [2.05, 4.69) is 12.1 Å². The second-order valence-corrected chi connectivity index (χ2v) is 5.88. The fourth-order valence-corrected chi connectivity index (χ4v) is 3.47. The molecule has 110 valence electrons. The number of fused-ring (bicyclic) bond motifs is 5. The molecule has 0 saturated carbocycles. The summed E-state index contributed by atoms with van der Waals surface area (Å²) in [5, 5.41) is 0. The third-order valence-electron chi connectivity index (χ3n) is 4.55. The highest BCUT2D eigenvalue weighted by molar-refractivity contribution is 6.41. The molecule has 1 fully saturated rings. The molecule has 2 aromatic carbocycles. The molecule has 1 atom stereocenters. The van der Waals surface area contributed by atoms with Crippen molar-refractivity contribution in [3.8, 4) is 0 Å². The fourth-order valence-electron chi connectivity index (χ4n) is 3.47. The molecule has 0 bridgehead atoms. The van der Waals surface area contributed by atoms with Gasteiger partial charge >= 0.3 is 11.8 Å². The number of hydrogen-bond acceptors (Lipinski definition) is 2. The van der Waals surface area contributed by atoms with Gasteiger partial charge in [0.05, 0.1) is 6.04 Å². The van der Waals surface area contributed by atoms with Crippen LogP contribution in [0.3, 0.4) is 0 Å². The van der Waals surface area contributed by atoms with E-state index >= 15 is 0 Å². The van der Waals surface area contributed by atoms with Gasteiger partial charge in [-0.3, -0.25) is 14.5 Å². The zero-order valence-electron chi connectivity index (χ0n) is 12.3. The Morgan fingerprint density at radius 1 is 0.909 bits per heavy atom. The molecule has 0 unspecified atom stereocenters. The van der Waals surface area contributed by atoms with E-state index in [4.69, 9.17) is 0 Å². The Bertz CT molecular complexity index is 784. The van der Waals surface area contributed by atoms with Gasteiger partial charge < -0.3 is 4.90 Å². The number of benzene rings is 2. The first-order chi connectivity index (χ1) is 10.7. The van der Waals surface area contributed by atoms with Crippen LogP contribution in [0, 0.1) is 0 Å². The van der Waals surface area contributed by atoms with Crippen molar-refractivity contribution < 1.29 is 9.59 Å². The summed E-state index contributed by atoms with van der Waals surface area (Å²) >= 11 is 0. The van der Waals surface area contributed by atoms with Crippen molar-refractivity contribution in [2.24, 2.45) is 0 Å². The average molecular weight is 292 g/mol. The Morgan fingerprint density at radius 2 is 1.59 bits per heavy atom. The second kappa shape index (κ2) is 4.70. The molecule has 0 spiro atoms. The van der Waals surface area contributed by atoms with Gasteiger partial charge in [-0.25, -0.2) is 0 Å². The molecule has 2 aromatic rings. The molecule has 0 aliphatic carbocycles. The molecule has 0 aromatic heterocycles. The van der Waals surface area contributed by atoms with Gasteiger partial charge in [0.2, 0.25) is 0 Å². The van der Waals surface area contributed by atoms with Gasteiger partial charge in [0, 0.05) is 19.3 Å². The predicted molar refractivity (Wildman–Crippen MR) is 83.6 cm³/mol. The van der Waals surface area contributed by atoms with E-state index in [9.17, 15) is 9.59 Å². The van der Waals surface area contributed by atoms with E-state index in [0.29, 0.717) is 6.54 Å². The number of nitrogens with zero attached hydrogens (tertiary/aromatic N) is 2. The minimum Gasteiger partial charge on any atom is -0.335 e. The summed E-state index contributed by atoms with van der Waals surface area (Å²) in [6, 6.07) is 15.9. The quantitative estimate of drug-likeness (QED) is 0.698. The highest BCUT2D eigenvalue weighted by atomic mass is 16.2. The normalized spacial score (nSPS) is 20.1. The van der Waals surface area contributed by atoms with Crippen LogP contribution >= 0.6 is 0 Å². The van der Waals surface area contributed by atoms with Crippen LogP contribution in [0.15, 0.2) is 48.5 Å². The molecule has 4 heteroatoms. The zero-order chi connectivity index (χ0) is 15.3. The van der Waals surface area contributed by atoms with Gasteiger partial charge in [0.25, 0.3) is 0 Å². The monoisotopic (exact) mass is 292 g/mol. The van der Waals surface area contributed by atoms with Crippen molar-refractivity contribution in [2.75, 3.05) is 18.5 Å². The number of hydrogen-bond donors (Lipinski definition) is 0. The summed E-state index contributed by atoms with van der Waals surface area (Å²) in [6.45, 7) is 0.524. The maximum atomic E-state index is 12.6. The molecular weight excluding hydrogens is 276 g/mol. The van der Waals surface area contributed by atoms with Gasteiger partial charge in [0.15, 0.2) is 0 Å². The fraction of sp³-hybridized carbons (Fsp3) is 0.222. The van der Waals surface area contributed by atoms with E-state index < -0.39 is 11.8 Å². The summed E-state index contributed by atoms with van der Waals surface area (Å²) in [5.74, 6) is -0.881. The van der Waals surface area contributed by atoms with Gasteiger partial charge in [-0.2, -0.15) is 0 Å². The number of carbonyl (C=O) groups excluding carboxylic acids is 2. The molecule has 4 rings (SSSR count). The van der Waals surface area contributed by atoms with E-state index in [1.807, 2.05) is 36.4 Å². The molecule has 1 saturated heterocycles. The van der Waals surface area contributed by atoms with Crippen LogP contribution in [0.25, 0.3) is 0 Å². The number of rotatable bonds is 0. The third-order valence-corrected chi connectivity index (χ3v) is 4.55. The van der Waals surface area contributed by atoms with Crippen molar-refractivity contribution in [1.82, 2.24) is 4.90 Å². The number of carbonyl (C=O) groups is 2. The molecule has 0 N–H and O–H groups in total. The lowest BCUT2D eigenvalue weighted by Gasteiger charge is -2.39. The van der Waals surface area contributed by atoms with Gasteiger partial charge in [0.1, 0.15) is 0 Å². The maximum Gasteiger partial charge on any atom is 0.317 e. The summed E-state index contributed by atoms with van der Waals surface area (Å²) in [7, 11) is 1.69. The van der Waals surface area contributed by atoms with Crippen LogP contribution < -0.4 is 4.90 Å². The Labute approximate surface area is 129 Å². The highest BCUT2D eigenvalue weighted by Gasteiger charge is 2.41. The predicted octanol–water partition coefficient (Wildman–Crippen LogP) is 2.14. The summed E-state index contributed by atoms with van der Waals surface area (Å²) < 4.78 is 0. The molecule has 2 heterocycles. The lowest BCUT2D eigenvalue weighted by Crippen LogP contribution is -2.54. The number of anilines is 1. The standard InChI is InChI=1S/C18H16N2O2/c1-19-11-16-14-8-4-2-6-12(14)10-13-7-3-5-9-15(13)20(16)18(22)17(19)21/h2-9,16H,10-11H2,1H3/t16-/m1/s1. The van der Waals surface area contributed by atoms with Crippen molar-refractivity contribution in [2.45, 2.75) is 12.5 Å². The van der Waals surface area contributed by atoms with Gasteiger partial charge in [-0.15, -0.1) is 0 Å². The Morgan fingerprint density at radius 3 is 2.41 bits per heavy atom. The number of para-hydroxylation sites is 1. The van der Waals surface area contributed by atoms with Crippen LogP contribution in [-0.4, -0.2) is 30.3 Å². The molecule has 2 aliphatic heterocycles. The van der Waals surface area contributed by atoms with Crippen LogP contribution in [0.1, 0.15) is 22.7 Å². The van der Waals surface area contributed by atoms with Crippen molar-refractivity contribution in [1.29, 1.82) is 0 Å². The van der Waals surface area contributed by atoms with E-state index in [0.717, 1.165) is 23.2 Å². The molecular formula is C18H16N2O2. The largest absolute Gasteiger partial charge is 0.335 e. The van der Waals surface area contributed by atoms with Crippen molar-refractivity contribution in [3.63, 3.8) is 0 Å². The Kier molecular flexibility index (Phi) is 2.79. The Balaban J connectivity index is 1.97. The molecule has 2 amide bonds. The topological polar surface area (TPSA) is 40.6 Å². The average Bonchev–Trinajstić information content (AvgIpc) is 2.67. The first-order valence-corrected chi connectivity index (χ1v) is 7.41. The molecule has 0 radical (unpaired) electrons. The smallest absolute Gasteiger partial charge is 0.317 e. The minimum atomic E-state index is -0.442. The lowest BCUT2D eigenvalue weighted by molar-refractivity contribution is -0.146. The summed E-state index contributed by atoms with van der Waals surface area (Å²) in [4.78, 5) is 28.0. The zero-order valence-corrected chi connectivity index (χ0v) is 12.3. The lowest BCUT2D eigenvalue weighted by atomic mass is 9.96. The summed E-state index contributed by atoms with van der Waals surface area (Å²) in [6.07, 6.45) is 0.782. The van der Waals surface area contributed by atoms with Gasteiger partial charge in [-0.1, -0.05) is 42.5 Å². The van der Waals surface area contributed by atoms with Crippen molar-refractivity contribution in [3.05, 3.63) is 65.2 Å². The van der Waals surface area contributed by atoms with Crippen LogP contribution in [0.4, 0.5) is 5.69 Å². The molecule has 22 heavy (non-hydrogen) atoms. The maximum absolute atomic E-state index is 12.6. The minimum absolute atomic E-state index is 0.116. The van der Waals surface area contributed by atoms with Crippen LogP contribution in [0.5, 0.6) is 0 Å². The van der Waals surface area contributed by atoms with E-state index in [-0.39, 0.29) is 6.04 Å². The number of likely N-dealkylation sites (N-methyl/N-ethyl adjacent to an activating group) is 1.